The molecule has 0 fully saturated rings. The van der Waals surface area contributed by atoms with Crippen LogP contribution >= 0.6 is 0 Å². The molecule has 282 valence electrons. The number of hydrogen-bond donors (Lipinski definition) is 0. The lowest BCUT2D eigenvalue weighted by atomic mass is 10.0. The third-order valence-electron chi connectivity index (χ3n) is 12.1. The monoisotopic (exact) mass is 767 g/mol. The Morgan fingerprint density at radius 3 is 1.82 bits per heavy atom. The van der Waals surface area contributed by atoms with Gasteiger partial charge in [-0.2, -0.15) is 0 Å². The minimum Gasteiger partial charge on any atom is -0.307 e. The van der Waals surface area contributed by atoms with Gasteiger partial charge in [0.15, 0.2) is 0 Å². The zero-order chi connectivity index (χ0) is 39.7. The van der Waals surface area contributed by atoms with Crippen molar-refractivity contribution < 1.29 is 0 Å². The summed E-state index contributed by atoms with van der Waals surface area (Å²) in [7, 11) is 0. The number of pyridine rings is 1. The third-order valence-corrected chi connectivity index (χ3v) is 12.1. The number of benzene rings is 7. The molecule has 12 aromatic rings. The SMILES string of the molecule is C=N/C(=N\C(=C/Cc1ccccc1)c1ccccc1)n1c2ccccc2c2cc(-c3ccc4c(c3)c3c(c5cccc6c7ccccc7c3n65)n4-c3ccccc3)ccc21. The number of rotatable bonds is 6. The maximum atomic E-state index is 5.26. The quantitative estimate of drug-likeness (QED) is 0.119. The van der Waals surface area contributed by atoms with Crippen LogP contribution in [0, 0.1) is 0 Å². The molecule has 0 N–H and O–H groups in total. The van der Waals surface area contributed by atoms with Crippen molar-refractivity contribution in [1.82, 2.24) is 13.5 Å². The standard InChI is InChI=1S/C55H37N5/c1-56-55(57-46(37-18-7-3-8-19-37)31-28-36-16-5-2-6-17-36)60-48-25-14-13-23-42(48)44-34-38(29-32-49(44)60)39-30-33-50-45(35-39)52-53-43-24-12-11-22-41(43)47-26-15-27-51(59(47)53)54(52)58(50)40-20-9-4-10-21-40/h2-27,29-35H,1,28H2/b46-31-,57-55+. The number of para-hydroxylation sites is 2. The minimum absolute atomic E-state index is 0.529. The molecule has 5 aromatic heterocycles. The molecule has 0 aliphatic carbocycles. The highest BCUT2D eigenvalue weighted by atomic mass is 15.2. The van der Waals surface area contributed by atoms with Crippen LogP contribution in [0.4, 0.5) is 0 Å². The van der Waals surface area contributed by atoms with Crippen molar-refractivity contribution in [3.05, 3.63) is 211 Å². The molecule has 5 heteroatoms. The average molecular weight is 768 g/mol. The second-order valence-corrected chi connectivity index (χ2v) is 15.5. The van der Waals surface area contributed by atoms with Crippen LogP contribution < -0.4 is 0 Å². The molecule has 0 radical (unpaired) electrons. The second kappa shape index (κ2) is 13.5. The van der Waals surface area contributed by atoms with Gasteiger partial charge < -0.3 is 8.97 Å². The zero-order valence-electron chi connectivity index (χ0n) is 32.7. The summed E-state index contributed by atoms with van der Waals surface area (Å²) in [5, 5.41) is 7.32. The highest BCUT2D eigenvalue weighted by Gasteiger charge is 2.24. The van der Waals surface area contributed by atoms with E-state index in [0.29, 0.717) is 5.96 Å². The lowest BCUT2D eigenvalue weighted by molar-refractivity contribution is 1.18. The van der Waals surface area contributed by atoms with Crippen LogP contribution in [-0.2, 0) is 6.42 Å². The molecule has 0 spiro atoms. The molecule has 5 nitrogen and oxygen atoms in total. The molecule has 60 heavy (non-hydrogen) atoms. The predicted molar refractivity (Wildman–Crippen MR) is 253 cm³/mol. The smallest absolute Gasteiger partial charge is 0.234 e. The lowest BCUT2D eigenvalue weighted by Crippen LogP contribution is -2.09. The number of aliphatic imine (C=N–C) groups is 2. The fourth-order valence-electron chi connectivity index (χ4n) is 9.52. The Balaban J connectivity index is 1.06. The number of hydrogen-bond acceptors (Lipinski definition) is 1. The van der Waals surface area contributed by atoms with Crippen LogP contribution in [-0.4, -0.2) is 26.2 Å². The zero-order valence-corrected chi connectivity index (χ0v) is 32.7. The van der Waals surface area contributed by atoms with E-state index in [0.717, 1.165) is 56.3 Å². The van der Waals surface area contributed by atoms with Crippen molar-refractivity contribution >= 4 is 89.3 Å². The summed E-state index contributed by atoms with van der Waals surface area (Å²) in [6.07, 6.45) is 2.93. The van der Waals surface area contributed by atoms with Crippen molar-refractivity contribution in [2.45, 2.75) is 6.42 Å². The van der Waals surface area contributed by atoms with Crippen molar-refractivity contribution in [1.29, 1.82) is 0 Å². The molecular formula is C55H37N5. The molecule has 0 saturated heterocycles. The van der Waals surface area contributed by atoms with Gasteiger partial charge in [0, 0.05) is 38.0 Å². The Bertz CT molecular complexity index is 3680. The van der Waals surface area contributed by atoms with Crippen molar-refractivity contribution in [2.24, 2.45) is 9.98 Å². The number of fused-ring (bicyclic) bond motifs is 11. The van der Waals surface area contributed by atoms with E-state index in [1.165, 1.54) is 54.7 Å². The first kappa shape index (κ1) is 34.1. The summed E-state index contributed by atoms with van der Waals surface area (Å²) in [4.78, 5) is 9.85. The van der Waals surface area contributed by atoms with Crippen molar-refractivity contribution in [3.63, 3.8) is 0 Å². The van der Waals surface area contributed by atoms with Gasteiger partial charge in [0.25, 0.3) is 0 Å². The van der Waals surface area contributed by atoms with Gasteiger partial charge in [-0.15, -0.1) is 0 Å². The molecule has 0 aliphatic rings. The predicted octanol–water partition coefficient (Wildman–Crippen LogP) is 13.7. The van der Waals surface area contributed by atoms with Gasteiger partial charge in [0.05, 0.1) is 44.3 Å². The van der Waals surface area contributed by atoms with Crippen LogP contribution in [0.25, 0.3) is 93.4 Å². The van der Waals surface area contributed by atoms with Gasteiger partial charge in [0.2, 0.25) is 5.96 Å². The summed E-state index contributed by atoms with van der Waals surface area (Å²) < 4.78 is 7.06. The Hall–Kier alpha value is -8.02. The Labute approximate surface area is 346 Å². The molecular weight excluding hydrogens is 731 g/mol. The summed E-state index contributed by atoms with van der Waals surface area (Å²) in [6.45, 7) is 4.05. The summed E-state index contributed by atoms with van der Waals surface area (Å²) in [6, 6.07) is 69.4. The van der Waals surface area contributed by atoms with Crippen molar-refractivity contribution in [3.8, 4) is 16.8 Å². The van der Waals surface area contributed by atoms with E-state index in [9.17, 15) is 0 Å². The Morgan fingerprint density at radius 1 is 0.483 bits per heavy atom. The van der Waals surface area contributed by atoms with E-state index >= 15 is 0 Å². The average Bonchev–Trinajstić information content (AvgIpc) is 4.04. The summed E-state index contributed by atoms with van der Waals surface area (Å²) >= 11 is 0. The molecule has 5 heterocycles. The first-order valence-electron chi connectivity index (χ1n) is 20.4. The van der Waals surface area contributed by atoms with Gasteiger partial charge in [-0.05, 0) is 90.0 Å². The third kappa shape index (κ3) is 5.12. The topological polar surface area (TPSA) is 39.0 Å². The first-order valence-corrected chi connectivity index (χ1v) is 20.4. The first-order chi connectivity index (χ1) is 29.7. The van der Waals surface area contributed by atoms with Crippen LogP contribution in [0.5, 0.6) is 0 Å². The maximum Gasteiger partial charge on any atom is 0.234 e. The number of allylic oxidation sites excluding steroid dienone is 1. The molecule has 0 aliphatic heterocycles. The molecule has 0 unspecified atom stereocenters. The van der Waals surface area contributed by atoms with E-state index in [2.05, 4.69) is 201 Å². The molecule has 0 saturated carbocycles. The molecule has 0 bridgehead atoms. The van der Waals surface area contributed by atoms with Crippen molar-refractivity contribution in [2.75, 3.05) is 0 Å². The highest BCUT2D eigenvalue weighted by molar-refractivity contribution is 6.30. The van der Waals surface area contributed by atoms with E-state index in [4.69, 9.17) is 4.99 Å². The van der Waals surface area contributed by atoms with E-state index in [-0.39, 0.29) is 0 Å². The van der Waals surface area contributed by atoms with Crippen LogP contribution in [0.2, 0.25) is 0 Å². The van der Waals surface area contributed by atoms with Gasteiger partial charge >= 0.3 is 0 Å². The fourth-order valence-corrected chi connectivity index (χ4v) is 9.52. The van der Waals surface area contributed by atoms with Crippen LogP contribution in [0.1, 0.15) is 11.1 Å². The van der Waals surface area contributed by atoms with E-state index in [1.807, 2.05) is 24.3 Å². The van der Waals surface area contributed by atoms with Crippen LogP contribution in [0.3, 0.4) is 0 Å². The molecule has 0 amide bonds. The van der Waals surface area contributed by atoms with Gasteiger partial charge in [-0.1, -0.05) is 146 Å². The largest absolute Gasteiger partial charge is 0.307 e. The Morgan fingerprint density at radius 2 is 1.07 bits per heavy atom. The van der Waals surface area contributed by atoms with Gasteiger partial charge in [-0.3, -0.25) is 4.57 Å². The molecule has 12 rings (SSSR count). The molecule has 0 atom stereocenters. The highest BCUT2D eigenvalue weighted by Crippen LogP contribution is 2.45. The van der Waals surface area contributed by atoms with Crippen LogP contribution in [0.15, 0.2) is 210 Å². The van der Waals surface area contributed by atoms with Gasteiger partial charge in [0.1, 0.15) is 0 Å². The lowest BCUT2D eigenvalue weighted by Gasteiger charge is -2.10. The maximum absolute atomic E-state index is 5.26. The summed E-state index contributed by atoms with van der Waals surface area (Å²) in [5.41, 5.74) is 14.7. The fraction of sp³-hybridized carbons (Fsp3) is 0.0182. The summed E-state index contributed by atoms with van der Waals surface area (Å²) in [5.74, 6) is 0.529. The number of nitrogens with zero attached hydrogens (tertiary/aromatic N) is 5. The molecule has 7 aromatic carbocycles. The van der Waals surface area contributed by atoms with Gasteiger partial charge in [-0.25, -0.2) is 9.98 Å². The van der Waals surface area contributed by atoms with E-state index in [1.54, 1.807) is 0 Å². The second-order valence-electron chi connectivity index (χ2n) is 15.5. The minimum atomic E-state index is 0.529. The van der Waals surface area contributed by atoms with E-state index < -0.39 is 0 Å². The Kier molecular flexibility index (Phi) is 7.69. The normalized spacial score (nSPS) is 12.7. The number of aromatic nitrogens is 3.